The van der Waals surface area contributed by atoms with Crippen molar-refractivity contribution >= 4 is 12.6 Å². The van der Waals surface area contributed by atoms with Gasteiger partial charge < -0.3 is 14.4 Å². The van der Waals surface area contributed by atoms with Crippen molar-refractivity contribution in [2.24, 2.45) is 0 Å². The van der Waals surface area contributed by atoms with Crippen LogP contribution in [0.1, 0.15) is 5.56 Å². The molecule has 3 nitrogen and oxygen atoms in total. The molecule has 0 aromatic heterocycles. The lowest BCUT2D eigenvalue weighted by Crippen LogP contribution is -2.42. The van der Waals surface area contributed by atoms with Gasteiger partial charge in [-0.2, -0.15) is 0 Å². The van der Waals surface area contributed by atoms with Crippen LogP contribution in [-0.2, 0) is 6.61 Å². The molecule has 3 rings (SSSR count). The van der Waals surface area contributed by atoms with Crippen LogP contribution in [0.3, 0.4) is 0 Å². The summed E-state index contributed by atoms with van der Waals surface area (Å²) in [5.41, 5.74) is 1.74. The normalized spacial score (nSPS) is 10.1. The topological polar surface area (TPSA) is 38.7 Å². The van der Waals surface area contributed by atoms with Crippen LogP contribution in [-0.4, -0.2) is 12.2 Å². The Balaban J connectivity index is 1.85. The zero-order valence-corrected chi connectivity index (χ0v) is 12.6. The largest absolute Gasteiger partial charge is 0.632 e. The fraction of sp³-hybridized carbons (Fsp3) is 0.0526. The van der Waals surface area contributed by atoms with Crippen LogP contribution in [0.25, 0.3) is 0 Å². The van der Waals surface area contributed by atoms with Crippen LogP contribution in [0.5, 0.6) is 11.5 Å². The SMILES string of the molecule is OCc1ccc(B(Oc2ccccc2)Oc2ccccc2)cc1. The molecular formula is C19H17BO3. The smallest absolute Gasteiger partial charge is 0.522 e. The number of hydrogen-bond donors (Lipinski definition) is 1. The highest BCUT2D eigenvalue weighted by Crippen LogP contribution is 2.14. The van der Waals surface area contributed by atoms with Crippen LogP contribution in [0.15, 0.2) is 84.9 Å². The minimum atomic E-state index is -0.562. The summed E-state index contributed by atoms with van der Waals surface area (Å²) in [5, 5.41) is 9.17. The average molecular weight is 304 g/mol. The molecule has 4 heteroatoms. The molecule has 0 saturated carbocycles. The van der Waals surface area contributed by atoms with Crippen molar-refractivity contribution in [3.8, 4) is 11.5 Å². The summed E-state index contributed by atoms with van der Waals surface area (Å²) in [4.78, 5) is 0. The van der Waals surface area contributed by atoms with Crippen molar-refractivity contribution < 1.29 is 14.4 Å². The van der Waals surface area contributed by atoms with E-state index in [0.29, 0.717) is 0 Å². The monoisotopic (exact) mass is 304 g/mol. The summed E-state index contributed by atoms with van der Waals surface area (Å²) in [5.74, 6) is 1.47. The van der Waals surface area contributed by atoms with Crippen LogP contribution in [0.4, 0.5) is 0 Å². The van der Waals surface area contributed by atoms with E-state index in [2.05, 4.69) is 0 Å². The third-order valence-corrected chi connectivity index (χ3v) is 3.41. The number of hydrogen-bond acceptors (Lipinski definition) is 3. The Labute approximate surface area is 136 Å². The molecule has 0 aliphatic heterocycles. The molecule has 0 atom stereocenters. The lowest BCUT2D eigenvalue weighted by atomic mass is 9.78. The van der Waals surface area contributed by atoms with Gasteiger partial charge in [-0.25, -0.2) is 0 Å². The second kappa shape index (κ2) is 7.52. The quantitative estimate of drug-likeness (QED) is 0.711. The van der Waals surface area contributed by atoms with Crippen LogP contribution in [0.2, 0.25) is 0 Å². The summed E-state index contributed by atoms with van der Waals surface area (Å²) in [6.45, 7) is 0.0179. The van der Waals surface area contributed by atoms with Crippen LogP contribution < -0.4 is 14.8 Å². The Kier molecular flexibility index (Phi) is 4.97. The van der Waals surface area contributed by atoms with Gasteiger partial charge in [-0.1, -0.05) is 60.7 Å². The van der Waals surface area contributed by atoms with Gasteiger partial charge in [0.05, 0.1) is 6.61 Å². The number of benzene rings is 3. The van der Waals surface area contributed by atoms with E-state index < -0.39 is 7.12 Å². The zero-order valence-electron chi connectivity index (χ0n) is 12.6. The molecule has 0 aliphatic rings. The molecule has 0 heterocycles. The molecular weight excluding hydrogens is 287 g/mol. The predicted molar refractivity (Wildman–Crippen MR) is 91.9 cm³/mol. The van der Waals surface area contributed by atoms with Crippen LogP contribution >= 0.6 is 0 Å². The lowest BCUT2D eigenvalue weighted by molar-refractivity contribution is 0.282. The van der Waals surface area contributed by atoms with E-state index in [1.54, 1.807) is 0 Å². The molecule has 0 bridgehead atoms. The third-order valence-electron chi connectivity index (χ3n) is 3.41. The highest BCUT2D eigenvalue weighted by Gasteiger charge is 2.26. The van der Waals surface area contributed by atoms with Gasteiger partial charge in [0.15, 0.2) is 0 Å². The molecule has 0 aliphatic carbocycles. The van der Waals surface area contributed by atoms with E-state index in [0.717, 1.165) is 22.5 Å². The maximum absolute atomic E-state index is 9.17. The molecule has 114 valence electrons. The zero-order chi connectivity index (χ0) is 15.9. The van der Waals surface area contributed by atoms with Crippen LogP contribution in [0, 0.1) is 0 Å². The summed E-state index contributed by atoms with van der Waals surface area (Å²) in [7, 11) is -0.562. The first-order valence-electron chi connectivity index (χ1n) is 7.48. The second-order valence-electron chi connectivity index (χ2n) is 5.09. The Morgan fingerprint density at radius 3 is 1.57 bits per heavy atom. The van der Waals surface area contributed by atoms with Crippen molar-refractivity contribution in [1.82, 2.24) is 0 Å². The molecule has 0 spiro atoms. The van der Waals surface area contributed by atoms with E-state index in [9.17, 15) is 5.11 Å². The van der Waals surface area contributed by atoms with E-state index in [1.807, 2.05) is 84.9 Å². The molecule has 0 fully saturated rings. The lowest BCUT2D eigenvalue weighted by Gasteiger charge is -2.17. The maximum Gasteiger partial charge on any atom is 0.632 e. The van der Waals surface area contributed by atoms with Gasteiger partial charge in [0, 0.05) is 5.46 Å². The number of aliphatic hydroxyl groups excluding tert-OH is 1. The molecule has 0 amide bonds. The fourth-order valence-corrected chi connectivity index (χ4v) is 2.19. The Hall–Kier alpha value is -2.72. The fourth-order valence-electron chi connectivity index (χ4n) is 2.19. The number of rotatable bonds is 6. The predicted octanol–water partition coefficient (Wildman–Crippen LogP) is 3.03. The van der Waals surface area contributed by atoms with Crippen molar-refractivity contribution in [2.45, 2.75) is 6.61 Å². The van der Waals surface area contributed by atoms with E-state index in [1.165, 1.54) is 0 Å². The summed E-state index contributed by atoms with van der Waals surface area (Å²) < 4.78 is 12.0. The molecule has 1 N–H and O–H groups in total. The van der Waals surface area contributed by atoms with Gasteiger partial charge in [0.2, 0.25) is 0 Å². The molecule has 3 aromatic carbocycles. The highest BCUT2D eigenvalue weighted by molar-refractivity contribution is 6.62. The van der Waals surface area contributed by atoms with Gasteiger partial charge in [-0.3, -0.25) is 0 Å². The van der Waals surface area contributed by atoms with Gasteiger partial charge in [0.1, 0.15) is 11.5 Å². The highest BCUT2D eigenvalue weighted by atomic mass is 16.6. The summed E-state index contributed by atoms with van der Waals surface area (Å²) in [6, 6.07) is 26.7. The van der Waals surface area contributed by atoms with Gasteiger partial charge >= 0.3 is 7.12 Å². The Morgan fingerprint density at radius 2 is 1.13 bits per heavy atom. The van der Waals surface area contributed by atoms with Gasteiger partial charge in [0.25, 0.3) is 0 Å². The first kappa shape index (κ1) is 15.2. The minimum Gasteiger partial charge on any atom is -0.522 e. The first-order chi connectivity index (χ1) is 11.3. The summed E-state index contributed by atoms with van der Waals surface area (Å²) in [6.07, 6.45) is 0. The van der Waals surface area contributed by atoms with Crippen molar-refractivity contribution in [3.05, 3.63) is 90.5 Å². The van der Waals surface area contributed by atoms with Gasteiger partial charge in [-0.05, 0) is 29.8 Å². The second-order valence-corrected chi connectivity index (χ2v) is 5.09. The molecule has 0 radical (unpaired) electrons. The van der Waals surface area contributed by atoms with Crippen molar-refractivity contribution in [2.75, 3.05) is 0 Å². The van der Waals surface area contributed by atoms with E-state index in [4.69, 9.17) is 9.31 Å². The summed E-state index contributed by atoms with van der Waals surface area (Å²) >= 11 is 0. The van der Waals surface area contributed by atoms with Crippen molar-refractivity contribution in [1.29, 1.82) is 0 Å². The van der Waals surface area contributed by atoms with E-state index in [-0.39, 0.29) is 6.61 Å². The molecule has 0 saturated heterocycles. The van der Waals surface area contributed by atoms with E-state index >= 15 is 0 Å². The molecule has 0 unspecified atom stereocenters. The van der Waals surface area contributed by atoms with Gasteiger partial charge in [-0.15, -0.1) is 0 Å². The third kappa shape index (κ3) is 4.14. The average Bonchev–Trinajstić information content (AvgIpc) is 2.63. The standard InChI is InChI=1S/C19H17BO3/c21-15-16-11-13-17(14-12-16)20(22-18-7-3-1-4-8-18)23-19-9-5-2-6-10-19/h1-14,21H,15H2. The molecule has 23 heavy (non-hydrogen) atoms. The minimum absolute atomic E-state index is 0.0179. The first-order valence-corrected chi connectivity index (χ1v) is 7.48. The molecule has 3 aromatic rings. The number of aliphatic hydroxyl groups is 1. The Bertz CT molecular complexity index is 673. The maximum atomic E-state index is 9.17. The number of para-hydroxylation sites is 2. The van der Waals surface area contributed by atoms with Crippen molar-refractivity contribution in [3.63, 3.8) is 0 Å². The Morgan fingerprint density at radius 1 is 0.652 bits per heavy atom.